The molecule has 9 heteroatoms. The number of halogens is 6. The van der Waals surface area contributed by atoms with Gasteiger partial charge >= 0.3 is 6.18 Å². The molecule has 0 unspecified atom stereocenters. The quantitative estimate of drug-likeness (QED) is 0.800. The summed E-state index contributed by atoms with van der Waals surface area (Å²) in [5, 5.41) is 0. The van der Waals surface area contributed by atoms with Crippen LogP contribution in [-0.2, 0) is 15.7 Å². The summed E-state index contributed by atoms with van der Waals surface area (Å²) in [4.78, 5) is 0. The van der Waals surface area contributed by atoms with Gasteiger partial charge in [-0.15, -0.1) is 0 Å². The van der Waals surface area contributed by atoms with Gasteiger partial charge in [0.05, 0.1) is 19.3 Å². The van der Waals surface area contributed by atoms with Crippen LogP contribution in [-0.4, -0.2) is 19.3 Å². The number of alkyl halides is 3. The van der Waals surface area contributed by atoms with Gasteiger partial charge in [-0.1, -0.05) is 12.1 Å². The molecule has 1 fully saturated rings. The SMILES string of the molecule is NC1COC(c2ccc(-c3cc(F)c(C(F)(F)F)c(F)c3)c(F)c2)OC1. The van der Waals surface area contributed by atoms with E-state index in [1.165, 1.54) is 12.1 Å². The summed E-state index contributed by atoms with van der Waals surface area (Å²) in [5.74, 6) is -4.52. The van der Waals surface area contributed by atoms with Crippen molar-refractivity contribution in [3.63, 3.8) is 0 Å². The molecule has 1 aliphatic heterocycles. The highest BCUT2D eigenvalue weighted by Gasteiger charge is 2.38. The minimum Gasteiger partial charge on any atom is -0.347 e. The standard InChI is InChI=1S/C17H13F6NO2/c18-12-3-8(16-25-6-10(24)7-26-16)1-2-11(12)9-4-13(19)15(14(20)5-9)17(21,22)23/h1-5,10,16H,6-7,24H2. The van der Waals surface area contributed by atoms with E-state index in [1.807, 2.05) is 0 Å². The van der Waals surface area contributed by atoms with Gasteiger partial charge in [-0.2, -0.15) is 13.2 Å². The molecular weight excluding hydrogens is 364 g/mol. The Morgan fingerprint density at radius 2 is 1.46 bits per heavy atom. The molecule has 2 aromatic carbocycles. The summed E-state index contributed by atoms with van der Waals surface area (Å²) in [6, 6.07) is 4.20. The Hall–Kier alpha value is -2.10. The molecule has 26 heavy (non-hydrogen) atoms. The predicted octanol–water partition coefficient (Wildman–Crippen LogP) is 4.16. The zero-order valence-corrected chi connectivity index (χ0v) is 13.1. The van der Waals surface area contributed by atoms with Crippen molar-refractivity contribution in [3.8, 4) is 11.1 Å². The molecule has 2 N–H and O–H groups in total. The molecule has 0 bridgehead atoms. The van der Waals surface area contributed by atoms with Crippen LogP contribution in [0.4, 0.5) is 26.3 Å². The fourth-order valence-electron chi connectivity index (χ4n) is 2.62. The number of ether oxygens (including phenoxy) is 2. The molecule has 1 saturated heterocycles. The van der Waals surface area contributed by atoms with Crippen molar-refractivity contribution in [1.29, 1.82) is 0 Å². The van der Waals surface area contributed by atoms with Crippen LogP contribution in [0.15, 0.2) is 30.3 Å². The van der Waals surface area contributed by atoms with Crippen molar-refractivity contribution >= 4 is 0 Å². The summed E-state index contributed by atoms with van der Waals surface area (Å²) in [6.07, 6.45) is -6.04. The van der Waals surface area contributed by atoms with Crippen LogP contribution in [0.1, 0.15) is 17.4 Å². The topological polar surface area (TPSA) is 44.5 Å². The van der Waals surface area contributed by atoms with Gasteiger partial charge in [-0.25, -0.2) is 13.2 Å². The van der Waals surface area contributed by atoms with Crippen LogP contribution in [0.5, 0.6) is 0 Å². The van der Waals surface area contributed by atoms with Crippen molar-refractivity contribution < 1.29 is 35.8 Å². The van der Waals surface area contributed by atoms with E-state index < -0.39 is 35.5 Å². The van der Waals surface area contributed by atoms with E-state index in [1.54, 1.807) is 0 Å². The molecule has 140 valence electrons. The van der Waals surface area contributed by atoms with Crippen LogP contribution < -0.4 is 5.73 Å². The van der Waals surface area contributed by atoms with Crippen molar-refractivity contribution in [1.82, 2.24) is 0 Å². The third-order valence-corrected chi connectivity index (χ3v) is 3.83. The first kappa shape index (κ1) is 18.7. The molecule has 0 aromatic heterocycles. The van der Waals surface area contributed by atoms with E-state index in [4.69, 9.17) is 15.2 Å². The zero-order valence-electron chi connectivity index (χ0n) is 13.1. The summed E-state index contributed by atoms with van der Waals surface area (Å²) < 4.78 is 90.2. The van der Waals surface area contributed by atoms with E-state index in [0.717, 1.165) is 6.07 Å². The first-order valence-corrected chi connectivity index (χ1v) is 7.51. The molecular formula is C17H13F6NO2. The Bertz CT molecular complexity index is 792. The molecule has 1 aliphatic rings. The van der Waals surface area contributed by atoms with Gasteiger partial charge in [0.15, 0.2) is 6.29 Å². The first-order chi connectivity index (χ1) is 12.2. The molecule has 3 nitrogen and oxygen atoms in total. The molecule has 0 atom stereocenters. The van der Waals surface area contributed by atoms with Crippen molar-refractivity contribution in [2.45, 2.75) is 18.5 Å². The van der Waals surface area contributed by atoms with Crippen LogP contribution in [0.25, 0.3) is 11.1 Å². The lowest BCUT2D eigenvalue weighted by Crippen LogP contribution is -2.37. The molecule has 2 aromatic rings. The molecule has 0 radical (unpaired) electrons. The summed E-state index contributed by atoms with van der Waals surface area (Å²) in [7, 11) is 0. The second kappa shape index (κ2) is 6.90. The second-order valence-corrected chi connectivity index (χ2v) is 5.81. The third-order valence-electron chi connectivity index (χ3n) is 3.83. The number of rotatable bonds is 2. The minimum absolute atomic E-state index is 0.212. The largest absolute Gasteiger partial charge is 0.422 e. The monoisotopic (exact) mass is 377 g/mol. The Labute approximate surface area is 144 Å². The molecule has 3 rings (SSSR count). The maximum atomic E-state index is 14.4. The maximum absolute atomic E-state index is 14.4. The Kier molecular flexibility index (Phi) is 4.96. The van der Waals surface area contributed by atoms with Gasteiger partial charge in [0.2, 0.25) is 0 Å². The van der Waals surface area contributed by atoms with Gasteiger partial charge in [0.25, 0.3) is 0 Å². The summed E-state index contributed by atoms with van der Waals surface area (Å²) in [6.45, 7) is 0.423. The molecule has 0 saturated carbocycles. The highest BCUT2D eigenvalue weighted by Crippen LogP contribution is 2.37. The fourth-order valence-corrected chi connectivity index (χ4v) is 2.62. The summed E-state index contributed by atoms with van der Waals surface area (Å²) >= 11 is 0. The number of benzene rings is 2. The second-order valence-electron chi connectivity index (χ2n) is 5.81. The number of hydrogen-bond acceptors (Lipinski definition) is 3. The Balaban J connectivity index is 1.93. The molecule has 0 spiro atoms. The first-order valence-electron chi connectivity index (χ1n) is 7.51. The Morgan fingerprint density at radius 1 is 0.885 bits per heavy atom. The highest BCUT2D eigenvalue weighted by atomic mass is 19.4. The van der Waals surface area contributed by atoms with Gasteiger partial charge in [0.1, 0.15) is 23.0 Å². The van der Waals surface area contributed by atoms with Gasteiger partial charge in [-0.3, -0.25) is 0 Å². The Morgan fingerprint density at radius 3 is 1.96 bits per heavy atom. The van der Waals surface area contributed by atoms with Crippen LogP contribution in [0.2, 0.25) is 0 Å². The van der Waals surface area contributed by atoms with Crippen LogP contribution >= 0.6 is 0 Å². The average molecular weight is 377 g/mol. The normalized spacial score (nSPS) is 21.0. The molecule has 0 amide bonds. The molecule has 1 heterocycles. The fraction of sp³-hybridized carbons (Fsp3) is 0.294. The van der Waals surface area contributed by atoms with Crippen LogP contribution in [0, 0.1) is 17.5 Å². The van der Waals surface area contributed by atoms with Crippen molar-refractivity contribution in [2.75, 3.05) is 13.2 Å². The highest BCUT2D eigenvalue weighted by molar-refractivity contribution is 5.65. The van der Waals surface area contributed by atoms with Gasteiger partial charge < -0.3 is 15.2 Å². The van der Waals surface area contributed by atoms with E-state index in [2.05, 4.69) is 0 Å². The lowest BCUT2D eigenvalue weighted by molar-refractivity contribution is -0.190. The van der Waals surface area contributed by atoms with Crippen molar-refractivity contribution in [2.24, 2.45) is 5.73 Å². The lowest BCUT2D eigenvalue weighted by Gasteiger charge is -2.27. The average Bonchev–Trinajstić information content (AvgIpc) is 2.53. The van der Waals surface area contributed by atoms with Crippen molar-refractivity contribution in [3.05, 3.63) is 58.9 Å². The third kappa shape index (κ3) is 3.69. The smallest absolute Gasteiger partial charge is 0.347 e. The van der Waals surface area contributed by atoms with E-state index in [9.17, 15) is 26.3 Å². The molecule has 0 aliphatic carbocycles. The number of hydrogen-bond donors (Lipinski definition) is 1. The van der Waals surface area contributed by atoms with E-state index in [0.29, 0.717) is 17.7 Å². The van der Waals surface area contributed by atoms with Crippen LogP contribution in [0.3, 0.4) is 0 Å². The summed E-state index contributed by atoms with van der Waals surface area (Å²) in [5.41, 5.74) is 3.28. The van der Waals surface area contributed by atoms with Gasteiger partial charge in [0, 0.05) is 11.1 Å². The van der Waals surface area contributed by atoms with E-state index >= 15 is 0 Å². The maximum Gasteiger partial charge on any atom is 0.422 e. The predicted molar refractivity (Wildman–Crippen MR) is 79.4 cm³/mol. The number of nitrogens with two attached hydrogens (primary N) is 1. The van der Waals surface area contributed by atoms with E-state index in [-0.39, 0.29) is 30.4 Å². The minimum atomic E-state index is -5.19. The zero-order chi connectivity index (χ0) is 19.1. The lowest BCUT2D eigenvalue weighted by atomic mass is 10.0. The van der Waals surface area contributed by atoms with Gasteiger partial charge in [-0.05, 0) is 23.8 Å².